The fraction of sp³-hybridized carbons (Fsp3) is 0.462. The van der Waals surface area contributed by atoms with E-state index in [0.717, 1.165) is 38.4 Å². The molecule has 1 unspecified atom stereocenters. The molecule has 1 atom stereocenters. The second kappa shape index (κ2) is 4.96. The molecule has 94 valence electrons. The number of benzene rings is 1. The summed E-state index contributed by atoms with van der Waals surface area (Å²) in [6, 6.07) is 10.2. The van der Waals surface area contributed by atoms with E-state index in [0.29, 0.717) is 0 Å². The molecular formula is C13H16N4O. The molecule has 0 aliphatic carbocycles. The van der Waals surface area contributed by atoms with Gasteiger partial charge in [-0.05, 0) is 10.8 Å². The highest BCUT2D eigenvalue weighted by Crippen LogP contribution is 2.29. The molecule has 1 saturated heterocycles. The number of nitrogens with zero attached hydrogens (tertiary/aromatic N) is 4. The average molecular weight is 244 g/mol. The molecule has 2 aliphatic rings. The van der Waals surface area contributed by atoms with Crippen LogP contribution >= 0.6 is 0 Å². The highest BCUT2D eigenvalue weighted by atomic mass is 16.5. The number of ether oxygens (including phenoxy) is 1. The zero-order chi connectivity index (χ0) is 12.3. The van der Waals surface area contributed by atoms with E-state index in [2.05, 4.69) is 32.5 Å². The van der Waals surface area contributed by atoms with Crippen molar-refractivity contribution >= 4 is 6.21 Å². The summed E-state index contributed by atoms with van der Waals surface area (Å²) >= 11 is 0. The van der Waals surface area contributed by atoms with E-state index in [9.17, 15) is 0 Å². The highest BCUT2D eigenvalue weighted by Gasteiger charge is 2.35. The molecule has 0 bridgehead atoms. The molecule has 0 N–H and O–H groups in total. The van der Waals surface area contributed by atoms with Crippen molar-refractivity contribution in [2.45, 2.75) is 5.54 Å². The molecule has 0 saturated carbocycles. The van der Waals surface area contributed by atoms with Crippen molar-refractivity contribution in [2.75, 3.05) is 32.8 Å². The maximum Gasteiger partial charge on any atom is 0.158 e. The van der Waals surface area contributed by atoms with Gasteiger partial charge in [-0.2, -0.15) is 0 Å². The van der Waals surface area contributed by atoms with Gasteiger partial charge in [0.1, 0.15) is 0 Å². The number of rotatable bonds is 3. The summed E-state index contributed by atoms with van der Waals surface area (Å²) in [5, 5.41) is 12.1. The van der Waals surface area contributed by atoms with E-state index in [4.69, 9.17) is 4.74 Å². The van der Waals surface area contributed by atoms with E-state index >= 15 is 0 Å². The van der Waals surface area contributed by atoms with Crippen LogP contribution in [-0.2, 0) is 10.3 Å². The van der Waals surface area contributed by atoms with Crippen LogP contribution in [0.5, 0.6) is 0 Å². The molecule has 18 heavy (non-hydrogen) atoms. The number of morpholine rings is 1. The van der Waals surface area contributed by atoms with Crippen molar-refractivity contribution in [1.29, 1.82) is 0 Å². The zero-order valence-corrected chi connectivity index (χ0v) is 10.2. The van der Waals surface area contributed by atoms with Crippen LogP contribution in [0.2, 0.25) is 0 Å². The molecule has 0 amide bonds. The van der Waals surface area contributed by atoms with Gasteiger partial charge in [0.25, 0.3) is 0 Å². The van der Waals surface area contributed by atoms with Crippen LogP contribution in [-0.4, -0.2) is 44.0 Å². The standard InChI is InChI=1S/C13H16N4O/c1-2-4-12(5-3-1)13(10-14-16-15-13)11-17-6-8-18-9-7-17/h1-5,10H,6-9,11H2. The first-order chi connectivity index (χ1) is 8.89. The van der Waals surface area contributed by atoms with Crippen LogP contribution in [0.4, 0.5) is 0 Å². The van der Waals surface area contributed by atoms with Crippen LogP contribution in [0.3, 0.4) is 0 Å². The van der Waals surface area contributed by atoms with Gasteiger partial charge in [-0.25, -0.2) is 0 Å². The van der Waals surface area contributed by atoms with Crippen molar-refractivity contribution in [3.8, 4) is 0 Å². The van der Waals surface area contributed by atoms with Crippen molar-refractivity contribution in [3.63, 3.8) is 0 Å². The molecule has 0 spiro atoms. The van der Waals surface area contributed by atoms with Crippen LogP contribution in [0.1, 0.15) is 5.56 Å². The normalized spacial score (nSPS) is 27.8. The lowest BCUT2D eigenvalue weighted by Gasteiger charge is -2.32. The highest BCUT2D eigenvalue weighted by molar-refractivity contribution is 5.74. The third-order valence-corrected chi connectivity index (χ3v) is 3.39. The van der Waals surface area contributed by atoms with Gasteiger partial charge in [-0.3, -0.25) is 4.90 Å². The van der Waals surface area contributed by atoms with Gasteiger partial charge in [0.2, 0.25) is 0 Å². The summed E-state index contributed by atoms with van der Waals surface area (Å²) in [5.74, 6) is 0. The van der Waals surface area contributed by atoms with E-state index in [1.165, 1.54) is 0 Å². The molecule has 0 radical (unpaired) electrons. The second-order valence-corrected chi connectivity index (χ2v) is 4.61. The summed E-state index contributed by atoms with van der Waals surface area (Å²) in [7, 11) is 0. The lowest BCUT2D eigenvalue weighted by molar-refractivity contribution is 0.0323. The largest absolute Gasteiger partial charge is 0.379 e. The van der Waals surface area contributed by atoms with Crippen LogP contribution in [0, 0.1) is 0 Å². The molecule has 1 fully saturated rings. The quantitative estimate of drug-likeness (QED) is 0.812. The van der Waals surface area contributed by atoms with E-state index < -0.39 is 5.54 Å². The van der Waals surface area contributed by atoms with Crippen molar-refractivity contribution in [2.24, 2.45) is 15.4 Å². The Morgan fingerprint density at radius 3 is 2.61 bits per heavy atom. The Kier molecular flexibility index (Phi) is 3.17. The Hall–Kier alpha value is -1.59. The first kappa shape index (κ1) is 11.5. The lowest BCUT2D eigenvalue weighted by atomic mass is 9.91. The summed E-state index contributed by atoms with van der Waals surface area (Å²) in [4.78, 5) is 2.35. The Labute approximate surface area is 106 Å². The topological polar surface area (TPSA) is 49.5 Å². The van der Waals surface area contributed by atoms with Gasteiger partial charge in [-0.1, -0.05) is 30.3 Å². The first-order valence-corrected chi connectivity index (χ1v) is 6.21. The van der Waals surface area contributed by atoms with Crippen LogP contribution < -0.4 is 0 Å². The van der Waals surface area contributed by atoms with E-state index in [1.807, 2.05) is 24.4 Å². The minimum atomic E-state index is -0.418. The van der Waals surface area contributed by atoms with Gasteiger partial charge >= 0.3 is 0 Å². The smallest absolute Gasteiger partial charge is 0.158 e. The first-order valence-electron chi connectivity index (χ1n) is 6.21. The van der Waals surface area contributed by atoms with Gasteiger partial charge in [0, 0.05) is 19.6 Å². The van der Waals surface area contributed by atoms with Gasteiger partial charge < -0.3 is 4.74 Å². The Morgan fingerprint density at radius 2 is 1.94 bits per heavy atom. The fourth-order valence-electron chi connectivity index (χ4n) is 2.38. The summed E-state index contributed by atoms with van der Waals surface area (Å²) < 4.78 is 5.37. The molecule has 2 aliphatic heterocycles. The number of hydrogen-bond acceptors (Lipinski definition) is 5. The predicted molar refractivity (Wildman–Crippen MR) is 68.7 cm³/mol. The lowest BCUT2D eigenvalue weighted by Crippen LogP contribution is -2.45. The van der Waals surface area contributed by atoms with Gasteiger partial charge in [0.05, 0.1) is 19.4 Å². The van der Waals surface area contributed by atoms with Crippen LogP contribution in [0.25, 0.3) is 0 Å². The van der Waals surface area contributed by atoms with Gasteiger partial charge in [-0.15, -0.1) is 10.2 Å². The Morgan fingerprint density at radius 1 is 1.17 bits per heavy atom. The fourth-order valence-corrected chi connectivity index (χ4v) is 2.38. The van der Waals surface area contributed by atoms with Gasteiger partial charge in [0.15, 0.2) is 5.54 Å². The maximum atomic E-state index is 5.37. The third kappa shape index (κ3) is 2.19. The maximum absolute atomic E-state index is 5.37. The van der Waals surface area contributed by atoms with E-state index in [1.54, 1.807) is 0 Å². The molecule has 2 heterocycles. The zero-order valence-electron chi connectivity index (χ0n) is 10.2. The molecule has 1 aromatic carbocycles. The molecule has 3 rings (SSSR count). The molecule has 0 aromatic heterocycles. The third-order valence-electron chi connectivity index (χ3n) is 3.39. The van der Waals surface area contributed by atoms with Crippen molar-refractivity contribution in [3.05, 3.63) is 35.9 Å². The molecule has 5 heteroatoms. The minimum Gasteiger partial charge on any atom is -0.379 e. The SMILES string of the molecule is C1=NN=NC1(CN1CCOCC1)c1ccccc1. The second-order valence-electron chi connectivity index (χ2n) is 4.61. The predicted octanol–water partition coefficient (Wildman–Crippen LogP) is 1.67. The Balaban J connectivity index is 1.84. The summed E-state index contributed by atoms with van der Waals surface area (Å²) in [6.07, 6.45) is 1.85. The van der Waals surface area contributed by atoms with Crippen molar-refractivity contribution in [1.82, 2.24) is 4.90 Å². The minimum absolute atomic E-state index is 0.418. The average Bonchev–Trinajstić information content (AvgIpc) is 2.91. The van der Waals surface area contributed by atoms with E-state index in [-0.39, 0.29) is 0 Å². The summed E-state index contributed by atoms with van der Waals surface area (Å²) in [5.41, 5.74) is 0.722. The molecular weight excluding hydrogens is 228 g/mol. The monoisotopic (exact) mass is 244 g/mol. The molecule has 1 aromatic rings. The van der Waals surface area contributed by atoms with Crippen molar-refractivity contribution < 1.29 is 4.74 Å². The Bertz CT molecular complexity index is 439. The van der Waals surface area contributed by atoms with Crippen LogP contribution in [0.15, 0.2) is 45.8 Å². The number of hydrogen-bond donors (Lipinski definition) is 0. The summed E-state index contributed by atoms with van der Waals surface area (Å²) in [6.45, 7) is 4.28. The molecule has 5 nitrogen and oxygen atoms in total.